The minimum Gasteiger partial charge on any atom is -0.495 e. The molecule has 0 aliphatic heterocycles. The first-order valence-corrected chi connectivity index (χ1v) is 7.23. The van der Waals surface area contributed by atoms with Gasteiger partial charge in [-0.25, -0.2) is 0 Å². The average molecular weight is 267 g/mol. The quantitative estimate of drug-likeness (QED) is 0.888. The third-order valence-electron chi connectivity index (χ3n) is 4.23. The van der Waals surface area contributed by atoms with Crippen LogP contribution in [0.4, 0.5) is 5.69 Å². The Bertz CT molecular complexity index is 587. The van der Waals surface area contributed by atoms with Crippen molar-refractivity contribution in [2.45, 2.75) is 31.7 Å². The zero-order valence-corrected chi connectivity index (χ0v) is 12.1. The number of nitrogens with one attached hydrogen (secondary N) is 1. The molecule has 0 atom stereocenters. The number of para-hydroxylation sites is 2. The molecular weight excluding hydrogens is 246 g/mol. The van der Waals surface area contributed by atoms with Gasteiger partial charge in [-0.2, -0.15) is 0 Å². The van der Waals surface area contributed by atoms with Crippen LogP contribution in [0.5, 0.6) is 5.75 Å². The van der Waals surface area contributed by atoms with Crippen LogP contribution in [0.1, 0.15) is 29.9 Å². The zero-order chi connectivity index (χ0) is 13.9. The molecule has 1 fully saturated rings. The highest BCUT2D eigenvalue weighted by atomic mass is 16.5. The summed E-state index contributed by atoms with van der Waals surface area (Å²) < 4.78 is 5.38. The zero-order valence-electron chi connectivity index (χ0n) is 12.1. The summed E-state index contributed by atoms with van der Waals surface area (Å²) in [5.74, 6) is 1.62. The van der Waals surface area contributed by atoms with Crippen molar-refractivity contribution in [3.8, 4) is 5.75 Å². The Morgan fingerprint density at radius 3 is 2.45 bits per heavy atom. The van der Waals surface area contributed by atoms with E-state index in [2.05, 4.69) is 42.6 Å². The number of benzene rings is 2. The molecule has 2 aromatic carbocycles. The normalized spacial score (nSPS) is 21.1. The second-order valence-corrected chi connectivity index (χ2v) is 5.57. The van der Waals surface area contributed by atoms with Crippen molar-refractivity contribution in [2.75, 3.05) is 12.4 Å². The molecular formula is C18H21NO. The molecule has 104 valence electrons. The number of anilines is 1. The van der Waals surface area contributed by atoms with Crippen molar-refractivity contribution in [1.82, 2.24) is 0 Å². The van der Waals surface area contributed by atoms with E-state index in [9.17, 15) is 0 Å². The van der Waals surface area contributed by atoms with Crippen molar-refractivity contribution in [3.63, 3.8) is 0 Å². The molecule has 20 heavy (non-hydrogen) atoms. The van der Waals surface area contributed by atoms with Crippen LogP contribution < -0.4 is 10.1 Å². The Balaban J connectivity index is 1.63. The van der Waals surface area contributed by atoms with E-state index in [0.717, 1.165) is 11.4 Å². The van der Waals surface area contributed by atoms with E-state index in [1.54, 1.807) is 7.11 Å². The summed E-state index contributed by atoms with van der Waals surface area (Å²) in [6, 6.07) is 17.4. The van der Waals surface area contributed by atoms with Gasteiger partial charge in [0.05, 0.1) is 12.8 Å². The summed E-state index contributed by atoms with van der Waals surface area (Å²) >= 11 is 0. The summed E-state index contributed by atoms with van der Waals surface area (Å²) in [4.78, 5) is 0. The number of aryl methyl sites for hydroxylation is 1. The molecule has 2 heteroatoms. The lowest BCUT2D eigenvalue weighted by atomic mass is 9.74. The molecule has 0 aromatic heterocycles. The van der Waals surface area contributed by atoms with Crippen molar-refractivity contribution < 1.29 is 4.74 Å². The summed E-state index contributed by atoms with van der Waals surface area (Å²) in [6.45, 7) is 2.20. The van der Waals surface area contributed by atoms with Crippen molar-refractivity contribution in [3.05, 3.63) is 59.7 Å². The highest BCUT2D eigenvalue weighted by Crippen LogP contribution is 2.40. The van der Waals surface area contributed by atoms with Gasteiger partial charge >= 0.3 is 0 Å². The van der Waals surface area contributed by atoms with Crippen molar-refractivity contribution >= 4 is 5.69 Å². The van der Waals surface area contributed by atoms with E-state index in [-0.39, 0.29) is 0 Å². The van der Waals surface area contributed by atoms with E-state index in [0.29, 0.717) is 12.0 Å². The van der Waals surface area contributed by atoms with Crippen LogP contribution >= 0.6 is 0 Å². The fourth-order valence-corrected chi connectivity index (χ4v) is 3.02. The molecule has 1 aliphatic rings. The van der Waals surface area contributed by atoms with E-state index in [1.165, 1.54) is 24.0 Å². The maximum Gasteiger partial charge on any atom is 0.141 e. The van der Waals surface area contributed by atoms with Gasteiger partial charge in [0.25, 0.3) is 0 Å². The first-order chi connectivity index (χ1) is 9.78. The van der Waals surface area contributed by atoms with Crippen LogP contribution in [0.2, 0.25) is 0 Å². The van der Waals surface area contributed by atoms with Crippen molar-refractivity contribution in [1.29, 1.82) is 0 Å². The van der Waals surface area contributed by atoms with Gasteiger partial charge in [-0.1, -0.05) is 36.4 Å². The molecule has 0 saturated heterocycles. The van der Waals surface area contributed by atoms with Crippen LogP contribution in [0.15, 0.2) is 48.5 Å². The SMILES string of the molecule is COc1ccccc1NC1CC(c2ccccc2C)C1. The standard InChI is InChI=1S/C18H21NO/c1-13-7-3-4-8-16(13)14-11-15(12-14)19-17-9-5-6-10-18(17)20-2/h3-10,14-15,19H,11-12H2,1-2H3. The molecule has 0 spiro atoms. The third-order valence-corrected chi connectivity index (χ3v) is 4.23. The summed E-state index contributed by atoms with van der Waals surface area (Å²) in [5, 5.41) is 3.59. The molecule has 1 saturated carbocycles. The number of rotatable bonds is 4. The van der Waals surface area contributed by atoms with Gasteiger partial charge in [0.2, 0.25) is 0 Å². The molecule has 0 unspecified atom stereocenters. The van der Waals surface area contributed by atoms with Crippen LogP contribution in [0, 0.1) is 6.92 Å². The second kappa shape index (κ2) is 5.58. The van der Waals surface area contributed by atoms with Crippen LogP contribution in [-0.2, 0) is 0 Å². The topological polar surface area (TPSA) is 21.3 Å². The lowest BCUT2D eigenvalue weighted by molar-refractivity contribution is 0.369. The minimum atomic E-state index is 0.552. The molecule has 0 radical (unpaired) electrons. The molecule has 1 aliphatic carbocycles. The Morgan fingerprint density at radius 2 is 1.70 bits per heavy atom. The number of methoxy groups -OCH3 is 1. The summed E-state index contributed by atoms with van der Waals surface area (Å²) in [6.07, 6.45) is 2.39. The minimum absolute atomic E-state index is 0.552. The molecule has 3 rings (SSSR count). The molecule has 2 aromatic rings. The monoisotopic (exact) mass is 267 g/mol. The highest BCUT2D eigenvalue weighted by Gasteiger charge is 2.31. The second-order valence-electron chi connectivity index (χ2n) is 5.57. The van der Waals surface area contributed by atoms with E-state index in [4.69, 9.17) is 4.74 Å². The number of hydrogen-bond donors (Lipinski definition) is 1. The van der Waals surface area contributed by atoms with E-state index < -0.39 is 0 Å². The van der Waals surface area contributed by atoms with Gasteiger partial charge in [0.1, 0.15) is 5.75 Å². The highest BCUT2D eigenvalue weighted by molar-refractivity contribution is 5.57. The Labute approximate surface area is 120 Å². The van der Waals surface area contributed by atoms with Gasteiger partial charge in [-0.05, 0) is 48.9 Å². The molecule has 0 bridgehead atoms. The predicted octanol–water partition coefficient (Wildman–Crippen LogP) is 4.36. The van der Waals surface area contributed by atoms with Crippen LogP contribution in [0.3, 0.4) is 0 Å². The predicted molar refractivity (Wildman–Crippen MR) is 83.6 cm³/mol. The van der Waals surface area contributed by atoms with Gasteiger partial charge in [-0.3, -0.25) is 0 Å². The van der Waals surface area contributed by atoms with E-state index >= 15 is 0 Å². The Hall–Kier alpha value is -1.96. The smallest absolute Gasteiger partial charge is 0.141 e. The third kappa shape index (κ3) is 2.51. The fraction of sp³-hybridized carbons (Fsp3) is 0.333. The van der Waals surface area contributed by atoms with Gasteiger partial charge in [0, 0.05) is 6.04 Å². The largest absolute Gasteiger partial charge is 0.495 e. The van der Waals surface area contributed by atoms with Gasteiger partial charge in [0.15, 0.2) is 0 Å². The van der Waals surface area contributed by atoms with Gasteiger partial charge < -0.3 is 10.1 Å². The number of hydrogen-bond acceptors (Lipinski definition) is 2. The van der Waals surface area contributed by atoms with Crippen LogP contribution in [0.25, 0.3) is 0 Å². The average Bonchev–Trinajstić information content (AvgIpc) is 2.44. The summed E-state index contributed by atoms with van der Waals surface area (Å²) in [7, 11) is 1.72. The number of ether oxygens (including phenoxy) is 1. The lowest BCUT2D eigenvalue weighted by Crippen LogP contribution is -2.34. The molecule has 2 nitrogen and oxygen atoms in total. The summed E-state index contributed by atoms with van der Waals surface area (Å²) in [5.41, 5.74) is 4.02. The first kappa shape index (κ1) is 13.0. The molecule has 0 amide bonds. The van der Waals surface area contributed by atoms with Crippen molar-refractivity contribution in [2.24, 2.45) is 0 Å². The molecule has 0 heterocycles. The maximum atomic E-state index is 5.38. The molecule has 1 N–H and O–H groups in total. The maximum absolute atomic E-state index is 5.38. The lowest BCUT2D eigenvalue weighted by Gasteiger charge is -2.37. The van der Waals surface area contributed by atoms with E-state index in [1.807, 2.05) is 18.2 Å². The fourth-order valence-electron chi connectivity index (χ4n) is 3.02. The first-order valence-electron chi connectivity index (χ1n) is 7.23. The van der Waals surface area contributed by atoms with Crippen LogP contribution in [-0.4, -0.2) is 13.2 Å². The van der Waals surface area contributed by atoms with Gasteiger partial charge in [-0.15, -0.1) is 0 Å². The Morgan fingerprint density at radius 1 is 1.00 bits per heavy atom. The Kier molecular flexibility index (Phi) is 3.64.